The molecule has 0 aromatic heterocycles. The Morgan fingerprint density at radius 2 is 2.04 bits per heavy atom. The van der Waals surface area contributed by atoms with E-state index in [2.05, 4.69) is 22.2 Å². The Kier molecular flexibility index (Phi) is 8.98. The zero-order valence-electron chi connectivity index (χ0n) is 17.5. The van der Waals surface area contributed by atoms with Gasteiger partial charge in [-0.1, -0.05) is 6.07 Å². The van der Waals surface area contributed by atoms with Gasteiger partial charge in [0.1, 0.15) is 24.2 Å². The summed E-state index contributed by atoms with van der Waals surface area (Å²) >= 11 is 0. The van der Waals surface area contributed by atoms with Gasteiger partial charge in [-0.25, -0.2) is 0 Å². The van der Waals surface area contributed by atoms with Crippen LogP contribution in [0.15, 0.2) is 18.2 Å². The number of hydrogen-bond donors (Lipinski definition) is 2. The van der Waals surface area contributed by atoms with Gasteiger partial charge in [-0.05, 0) is 20.2 Å². The Balaban J connectivity index is 1.93. The number of nitrogens with one attached hydrogen (secondary N) is 1. The van der Waals surface area contributed by atoms with Crippen LogP contribution < -0.4 is 14.8 Å². The summed E-state index contributed by atoms with van der Waals surface area (Å²) in [5, 5.41) is 13.0. The SMILES string of the molecule is CNC(=O)CN(C)Cc1ccc(OC)cc1OC[C@H](O)CN1CCN(C)CC1. The van der Waals surface area contributed by atoms with Crippen LogP contribution in [-0.2, 0) is 11.3 Å². The molecular formula is C20H34N4O4. The molecule has 0 radical (unpaired) electrons. The maximum Gasteiger partial charge on any atom is 0.233 e. The Bertz CT molecular complexity index is 620. The number of methoxy groups -OCH3 is 1. The first kappa shape index (κ1) is 22.4. The van der Waals surface area contributed by atoms with Crippen molar-refractivity contribution in [3.05, 3.63) is 23.8 Å². The largest absolute Gasteiger partial charge is 0.497 e. The van der Waals surface area contributed by atoms with E-state index in [1.54, 1.807) is 14.2 Å². The molecule has 0 saturated carbocycles. The number of amides is 1. The lowest BCUT2D eigenvalue weighted by molar-refractivity contribution is -0.121. The van der Waals surface area contributed by atoms with Crippen molar-refractivity contribution in [1.82, 2.24) is 20.0 Å². The van der Waals surface area contributed by atoms with Crippen LogP contribution in [-0.4, -0.2) is 106 Å². The zero-order chi connectivity index (χ0) is 20.5. The van der Waals surface area contributed by atoms with Crippen LogP contribution in [0.25, 0.3) is 0 Å². The highest BCUT2D eigenvalue weighted by Crippen LogP contribution is 2.26. The molecule has 8 heteroatoms. The van der Waals surface area contributed by atoms with E-state index in [9.17, 15) is 9.90 Å². The summed E-state index contributed by atoms with van der Waals surface area (Å²) in [5.74, 6) is 1.32. The van der Waals surface area contributed by atoms with Crippen LogP contribution in [0.2, 0.25) is 0 Å². The molecule has 1 heterocycles. The molecule has 2 N–H and O–H groups in total. The number of ether oxygens (including phenoxy) is 2. The van der Waals surface area contributed by atoms with Crippen LogP contribution in [0.5, 0.6) is 11.5 Å². The van der Waals surface area contributed by atoms with Gasteiger partial charge in [-0.2, -0.15) is 0 Å². The lowest BCUT2D eigenvalue weighted by Gasteiger charge is -2.33. The third-order valence-corrected chi connectivity index (χ3v) is 4.90. The van der Waals surface area contributed by atoms with E-state index in [1.807, 2.05) is 30.1 Å². The van der Waals surface area contributed by atoms with Crippen molar-refractivity contribution < 1.29 is 19.4 Å². The van der Waals surface area contributed by atoms with Crippen molar-refractivity contribution in [2.24, 2.45) is 0 Å². The number of β-amino-alcohol motifs (C(OH)–C–C–N with tert-alkyl or cyclic N) is 1. The van der Waals surface area contributed by atoms with Gasteiger partial charge in [0.25, 0.3) is 0 Å². The lowest BCUT2D eigenvalue weighted by atomic mass is 10.1. The molecule has 2 rings (SSSR count). The molecule has 1 atom stereocenters. The fourth-order valence-corrected chi connectivity index (χ4v) is 3.16. The van der Waals surface area contributed by atoms with Gasteiger partial charge in [0.15, 0.2) is 0 Å². The minimum Gasteiger partial charge on any atom is -0.497 e. The molecule has 0 bridgehead atoms. The molecular weight excluding hydrogens is 360 g/mol. The number of likely N-dealkylation sites (N-methyl/N-ethyl adjacent to an activating group) is 3. The highest BCUT2D eigenvalue weighted by atomic mass is 16.5. The predicted octanol–water partition coefficient (Wildman–Crippen LogP) is -0.140. The standard InChI is InChI=1S/C20H34N4O4/c1-21-20(26)14-23(3)12-16-5-6-18(27-4)11-19(16)28-15-17(25)13-24-9-7-22(2)8-10-24/h5-6,11,17,25H,7-10,12-15H2,1-4H3,(H,21,26)/t17-/m1/s1. The number of hydrogen-bond acceptors (Lipinski definition) is 7. The van der Waals surface area contributed by atoms with Gasteiger partial charge in [0.2, 0.25) is 5.91 Å². The second-order valence-corrected chi connectivity index (χ2v) is 7.39. The van der Waals surface area contributed by atoms with Gasteiger partial charge in [0.05, 0.1) is 13.7 Å². The van der Waals surface area contributed by atoms with E-state index in [4.69, 9.17) is 9.47 Å². The number of nitrogens with zero attached hydrogens (tertiary/aromatic N) is 3. The number of carbonyl (C=O) groups is 1. The molecule has 1 saturated heterocycles. The Morgan fingerprint density at radius 3 is 2.68 bits per heavy atom. The zero-order valence-corrected chi connectivity index (χ0v) is 17.5. The second kappa shape index (κ2) is 11.2. The predicted molar refractivity (Wildman–Crippen MR) is 109 cm³/mol. The summed E-state index contributed by atoms with van der Waals surface area (Å²) in [4.78, 5) is 18.0. The van der Waals surface area contributed by atoms with Crippen LogP contribution in [0.4, 0.5) is 0 Å². The van der Waals surface area contributed by atoms with Gasteiger partial charge >= 0.3 is 0 Å². The molecule has 158 valence electrons. The summed E-state index contributed by atoms with van der Waals surface area (Å²) < 4.78 is 11.2. The van der Waals surface area contributed by atoms with Crippen molar-refractivity contribution in [1.29, 1.82) is 0 Å². The second-order valence-electron chi connectivity index (χ2n) is 7.39. The fourth-order valence-electron chi connectivity index (χ4n) is 3.16. The Morgan fingerprint density at radius 1 is 1.32 bits per heavy atom. The maximum absolute atomic E-state index is 11.6. The van der Waals surface area contributed by atoms with Crippen molar-refractivity contribution >= 4 is 5.91 Å². The number of carbonyl (C=O) groups excluding carboxylic acids is 1. The van der Waals surface area contributed by atoms with E-state index >= 15 is 0 Å². The van der Waals surface area contributed by atoms with Crippen LogP contribution in [0, 0.1) is 0 Å². The van der Waals surface area contributed by atoms with E-state index < -0.39 is 6.10 Å². The molecule has 0 aliphatic carbocycles. The molecule has 28 heavy (non-hydrogen) atoms. The number of piperazine rings is 1. The lowest BCUT2D eigenvalue weighted by Crippen LogP contribution is -2.47. The molecule has 1 aromatic rings. The highest BCUT2D eigenvalue weighted by molar-refractivity contribution is 5.77. The van der Waals surface area contributed by atoms with Crippen LogP contribution >= 0.6 is 0 Å². The quantitative estimate of drug-likeness (QED) is 0.572. The molecule has 1 amide bonds. The summed E-state index contributed by atoms with van der Waals surface area (Å²) in [6, 6.07) is 5.63. The van der Waals surface area contributed by atoms with Crippen LogP contribution in [0.1, 0.15) is 5.56 Å². The van der Waals surface area contributed by atoms with Crippen molar-refractivity contribution in [2.45, 2.75) is 12.6 Å². The number of rotatable bonds is 10. The minimum absolute atomic E-state index is 0.0407. The molecule has 1 aliphatic rings. The normalized spacial score (nSPS) is 16.8. The molecule has 1 aliphatic heterocycles. The summed E-state index contributed by atoms with van der Waals surface area (Å²) in [7, 11) is 7.23. The van der Waals surface area contributed by atoms with Crippen molar-refractivity contribution in [2.75, 3.05) is 74.1 Å². The third kappa shape index (κ3) is 7.27. The van der Waals surface area contributed by atoms with Crippen LogP contribution in [0.3, 0.4) is 0 Å². The van der Waals surface area contributed by atoms with Gasteiger partial charge in [-0.3, -0.25) is 14.6 Å². The molecule has 0 unspecified atom stereocenters. The number of aliphatic hydroxyl groups is 1. The summed E-state index contributed by atoms with van der Waals surface area (Å²) in [6.07, 6.45) is -0.564. The average molecular weight is 395 g/mol. The first-order valence-electron chi connectivity index (χ1n) is 9.69. The van der Waals surface area contributed by atoms with E-state index in [-0.39, 0.29) is 12.5 Å². The molecule has 1 aromatic carbocycles. The summed E-state index contributed by atoms with van der Waals surface area (Å²) in [5.41, 5.74) is 0.944. The fraction of sp³-hybridized carbons (Fsp3) is 0.650. The first-order valence-corrected chi connectivity index (χ1v) is 9.69. The highest BCUT2D eigenvalue weighted by Gasteiger charge is 2.18. The third-order valence-electron chi connectivity index (χ3n) is 4.90. The van der Waals surface area contributed by atoms with Gasteiger partial charge in [-0.15, -0.1) is 0 Å². The maximum atomic E-state index is 11.6. The van der Waals surface area contributed by atoms with Gasteiger partial charge in [0, 0.05) is 57.9 Å². The Hall–Kier alpha value is -1.87. The number of aliphatic hydroxyl groups excluding tert-OH is 1. The Labute approximate surface area is 168 Å². The average Bonchev–Trinajstić information content (AvgIpc) is 2.68. The molecule has 0 spiro atoms. The summed E-state index contributed by atoms with van der Waals surface area (Å²) in [6.45, 7) is 5.63. The van der Waals surface area contributed by atoms with Crippen molar-refractivity contribution in [3.8, 4) is 11.5 Å². The van der Waals surface area contributed by atoms with E-state index in [1.165, 1.54) is 0 Å². The van der Waals surface area contributed by atoms with Crippen molar-refractivity contribution in [3.63, 3.8) is 0 Å². The first-order chi connectivity index (χ1) is 13.4. The monoisotopic (exact) mass is 394 g/mol. The van der Waals surface area contributed by atoms with Gasteiger partial charge < -0.3 is 24.8 Å². The molecule has 1 fully saturated rings. The molecule has 8 nitrogen and oxygen atoms in total. The number of benzene rings is 1. The topological polar surface area (TPSA) is 77.5 Å². The van der Waals surface area contributed by atoms with E-state index in [0.717, 1.165) is 31.7 Å². The smallest absolute Gasteiger partial charge is 0.233 e. The van der Waals surface area contributed by atoms with E-state index in [0.29, 0.717) is 31.1 Å². The minimum atomic E-state index is -0.564.